The van der Waals surface area contributed by atoms with Crippen molar-refractivity contribution in [1.82, 2.24) is 5.32 Å². The summed E-state index contributed by atoms with van der Waals surface area (Å²) in [6, 6.07) is 5.71. The zero-order valence-corrected chi connectivity index (χ0v) is 10.0. The van der Waals surface area contributed by atoms with E-state index >= 15 is 0 Å². The number of carbonyl (C=O) groups excluding carboxylic acids is 1. The maximum absolute atomic E-state index is 12.1. The van der Waals surface area contributed by atoms with E-state index in [-0.39, 0.29) is 29.7 Å². The molecule has 0 atom stereocenters. The molecule has 6 heteroatoms. The van der Waals surface area contributed by atoms with Crippen LogP contribution >= 0.6 is 0 Å². The standard InChI is InChI=1S/C12H14F3NO2/c1-8(2)11(17)16-7-9-5-3-4-6-10(9)18-12(13,14)15/h3-6,8H,7H2,1-2H3,(H,16,17). The monoisotopic (exact) mass is 261 g/mol. The van der Waals surface area contributed by atoms with Gasteiger partial charge in [-0.15, -0.1) is 13.2 Å². The number of benzene rings is 1. The van der Waals surface area contributed by atoms with E-state index < -0.39 is 6.36 Å². The van der Waals surface area contributed by atoms with Gasteiger partial charge < -0.3 is 10.1 Å². The quantitative estimate of drug-likeness (QED) is 0.905. The Kier molecular flexibility index (Phi) is 4.58. The second-order valence-electron chi connectivity index (χ2n) is 4.03. The van der Waals surface area contributed by atoms with Gasteiger partial charge in [0, 0.05) is 18.0 Å². The molecule has 1 rings (SSSR count). The van der Waals surface area contributed by atoms with Crippen molar-refractivity contribution >= 4 is 5.91 Å². The zero-order valence-electron chi connectivity index (χ0n) is 10.0. The van der Waals surface area contributed by atoms with Crippen LogP contribution in [-0.4, -0.2) is 12.3 Å². The molecule has 1 aromatic rings. The van der Waals surface area contributed by atoms with Crippen LogP contribution in [0.5, 0.6) is 5.75 Å². The molecule has 0 aliphatic carbocycles. The average Bonchev–Trinajstić information content (AvgIpc) is 2.25. The van der Waals surface area contributed by atoms with Gasteiger partial charge in [0.1, 0.15) is 5.75 Å². The molecule has 0 radical (unpaired) electrons. The molecule has 0 heterocycles. The molecule has 1 amide bonds. The number of hydrogen-bond donors (Lipinski definition) is 1. The molecule has 0 aliphatic rings. The molecule has 3 nitrogen and oxygen atoms in total. The predicted molar refractivity (Wildman–Crippen MR) is 59.8 cm³/mol. The van der Waals surface area contributed by atoms with Crippen molar-refractivity contribution < 1.29 is 22.7 Å². The summed E-state index contributed by atoms with van der Waals surface area (Å²) in [4.78, 5) is 11.3. The Morgan fingerprint density at radius 2 is 1.94 bits per heavy atom. The summed E-state index contributed by atoms with van der Waals surface area (Å²) in [6.45, 7) is 3.41. The highest BCUT2D eigenvalue weighted by atomic mass is 19.4. The number of carbonyl (C=O) groups is 1. The Labute approximate surface area is 103 Å². The van der Waals surface area contributed by atoms with Crippen LogP contribution in [-0.2, 0) is 11.3 Å². The van der Waals surface area contributed by atoms with Crippen LogP contribution in [0, 0.1) is 5.92 Å². The van der Waals surface area contributed by atoms with E-state index in [9.17, 15) is 18.0 Å². The van der Waals surface area contributed by atoms with Crippen LogP contribution in [0.25, 0.3) is 0 Å². The fourth-order valence-corrected chi connectivity index (χ4v) is 1.26. The van der Waals surface area contributed by atoms with Gasteiger partial charge in [-0.1, -0.05) is 32.0 Å². The molecular formula is C12H14F3NO2. The van der Waals surface area contributed by atoms with Gasteiger partial charge in [-0.3, -0.25) is 4.79 Å². The van der Waals surface area contributed by atoms with E-state index in [1.807, 2.05) is 0 Å². The van der Waals surface area contributed by atoms with Gasteiger partial charge in [0.25, 0.3) is 0 Å². The van der Waals surface area contributed by atoms with Gasteiger partial charge in [0.05, 0.1) is 0 Å². The molecule has 0 fully saturated rings. The molecule has 18 heavy (non-hydrogen) atoms. The van der Waals surface area contributed by atoms with Gasteiger partial charge >= 0.3 is 6.36 Å². The third-order valence-electron chi connectivity index (χ3n) is 2.18. The lowest BCUT2D eigenvalue weighted by molar-refractivity contribution is -0.274. The first-order valence-electron chi connectivity index (χ1n) is 5.41. The van der Waals surface area contributed by atoms with E-state index in [2.05, 4.69) is 10.1 Å². The van der Waals surface area contributed by atoms with Crippen molar-refractivity contribution in [2.24, 2.45) is 5.92 Å². The molecule has 0 bridgehead atoms. The lowest BCUT2D eigenvalue weighted by Crippen LogP contribution is -2.27. The second kappa shape index (κ2) is 5.75. The molecule has 0 saturated heterocycles. The highest BCUT2D eigenvalue weighted by Gasteiger charge is 2.31. The lowest BCUT2D eigenvalue weighted by Gasteiger charge is -2.14. The Hall–Kier alpha value is -1.72. The Balaban J connectivity index is 2.74. The SMILES string of the molecule is CC(C)C(=O)NCc1ccccc1OC(F)(F)F. The van der Waals surface area contributed by atoms with Crippen molar-refractivity contribution in [1.29, 1.82) is 0 Å². The number of amides is 1. The summed E-state index contributed by atoms with van der Waals surface area (Å²) in [7, 11) is 0. The summed E-state index contributed by atoms with van der Waals surface area (Å²) < 4.78 is 40.3. The van der Waals surface area contributed by atoms with Gasteiger partial charge in [-0.2, -0.15) is 0 Å². The number of para-hydroxylation sites is 1. The molecule has 1 N–H and O–H groups in total. The Morgan fingerprint density at radius 3 is 2.50 bits per heavy atom. The van der Waals surface area contributed by atoms with Crippen LogP contribution in [0.4, 0.5) is 13.2 Å². The third-order valence-corrected chi connectivity index (χ3v) is 2.18. The van der Waals surface area contributed by atoms with E-state index in [4.69, 9.17) is 0 Å². The molecule has 0 saturated carbocycles. The van der Waals surface area contributed by atoms with Crippen molar-refractivity contribution in [3.63, 3.8) is 0 Å². The molecule has 0 unspecified atom stereocenters. The number of hydrogen-bond acceptors (Lipinski definition) is 2. The summed E-state index contributed by atoms with van der Waals surface area (Å²) in [6.07, 6.45) is -4.74. The molecule has 0 aliphatic heterocycles. The maximum atomic E-state index is 12.1. The number of rotatable bonds is 4. The Bertz CT molecular complexity index is 416. The first kappa shape index (κ1) is 14.3. The molecule has 0 aromatic heterocycles. The number of halogens is 3. The fraction of sp³-hybridized carbons (Fsp3) is 0.417. The van der Waals surface area contributed by atoms with E-state index in [1.165, 1.54) is 18.2 Å². The zero-order chi connectivity index (χ0) is 13.8. The first-order chi connectivity index (χ1) is 8.29. The van der Waals surface area contributed by atoms with Crippen LogP contribution < -0.4 is 10.1 Å². The maximum Gasteiger partial charge on any atom is 0.573 e. The minimum absolute atomic E-state index is 0.00324. The number of alkyl halides is 3. The minimum atomic E-state index is -4.74. The van der Waals surface area contributed by atoms with Crippen LogP contribution in [0.3, 0.4) is 0 Å². The van der Waals surface area contributed by atoms with Crippen molar-refractivity contribution in [3.05, 3.63) is 29.8 Å². The molecular weight excluding hydrogens is 247 g/mol. The van der Waals surface area contributed by atoms with E-state index in [1.54, 1.807) is 19.9 Å². The largest absolute Gasteiger partial charge is 0.573 e. The van der Waals surface area contributed by atoms with E-state index in [0.29, 0.717) is 0 Å². The molecule has 0 spiro atoms. The van der Waals surface area contributed by atoms with Gasteiger partial charge in [0.15, 0.2) is 0 Å². The average molecular weight is 261 g/mol. The predicted octanol–water partition coefficient (Wildman–Crippen LogP) is 2.86. The topological polar surface area (TPSA) is 38.3 Å². The highest BCUT2D eigenvalue weighted by molar-refractivity contribution is 5.77. The number of ether oxygens (including phenoxy) is 1. The summed E-state index contributed by atoms with van der Waals surface area (Å²) in [5, 5.41) is 2.54. The fourth-order valence-electron chi connectivity index (χ4n) is 1.26. The van der Waals surface area contributed by atoms with Crippen LogP contribution in [0.15, 0.2) is 24.3 Å². The summed E-state index contributed by atoms with van der Waals surface area (Å²) >= 11 is 0. The van der Waals surface area contributed by atoms with Gasteiger partial charge in [-0.05, 0) is 6.07 Å². The summed E-state index contributed by atoms with van der Waals surface area (Å²) in [5.74, 6) is -0.744. The number of nitrogens with one attached hydrogen (secondary N) is 1. The minimum Gasteiger partial charge on any atom is -0.405 e. The van der Waals surface area contributed by atoms with Crippen molar-refractivity contribution in [2.75, 3.05) is 0 Å². The normalized spacial score (nSPS) is 11.4. The van der Waals surface area contributed by atoms with Crippen LogP contribution in [0.1, 0.15) is 19.4 Å². The van der Waals surface area contributed by atoms with Gasteiger partial charge in [-0.25, -0.2) is 0 Å². The third kappa shape index (κ3) is 4.65. The molecule has 1 aromatic carbocycles. The van der Waals surface area contributed by atoms with Crippen molar-refractivity contribution in [3.8, 4) is 5.75 Å². The highest BCUT2D eigenvalue weighted by Crippen LogP contribution is 2.26. The van der Waals surface area contributed by atoms with Crippen LogP contribution in [0.2, 0.25) is 0 Å². The van der Waals surface area contributed by atoms with Gasteiger partial charge in [0.2, 0.25) is 5.91 Å². The Morgan fingerprint density at radius 1 is 1.33 bits per heavy atom. The van der Waals surface area contributed by atoms with E-state index in [0.717, 1.165) is 0 Å². The smallest absolute Gasteiger partial charge is 0.405 e. The molecule has 100 valence electrons. The first-order valence-corrected chi connectivity index (χ1v) is 5.41. The second-order valence-corrected chi connectivity index (χ2v) is 4.03. The lowest BCUT2D eigenvalue weighted by atomic mass is 10.1. The summed E-state index contributed by atoms with van der Waals surface area (Å²) in [5.41, 5.74) is 0.281. The van der Waals surface area contributed by atoms with Crippen molar-refractivity contribution in [2.45, 2.75) is 26.8 Å².